The molecule has 4 nitrogen and oxygen atoms in total. The standard InChI is InChI=1S/C14H20N4/c1-10-6-7-16-8-12(10)13-9-17-14(15)18(13)11-4-2-3-5-11/h6-8,11,13H,2-5,9H2,1H3,(H2,15,17). The van der Waals surface area contributed by atoms with Crippen LogP contribution in [0.3, 0.4) is 0 Å². The van der Waals surface area contributed by atoms with Crippen LogP contribution in [0.25, 0.3) is 0 Å². The fourth-order valence-corrected chi connectivity index (χ4v) is 3.21. The Kier molecular flexibility index (Phi) is 2.94. The fraction of sp³-hybridized carbons (Fsp3) is 0.571. The number of hydrogen-bond donors (Lipinski definition) is 1. The van der Waals surface area contributed by atoms with Crippen molar-refractivity contribution in [2.24, 2.45) is 10.7 Å². The third-order valence-corrected chi connectivity index (χ3v) is 4.18. The summed E-state index contributed by atoms with van der Waals surface area (Å²) in [6.45, 7) is 2.91. The van der Waals surface area contributed by atoms with E-state index in [4.69, 9.17) is 5.73 Å². The average Bonchev–Trinajstić information content (AvgIpc) is 2.98. The Bertz CT molecular complexity index is 463. The first-order valence-corrected chi connectivity index (χ1v) is 6.76. The molecular weight excluding hydrogens is 224 g/mol. The van der Waals surface area contributed by atoms with Crippen LogP contribution in [0, 0.1) is 6.92 Å². The average molecular weight is 244 g/mol. The molecule has 18 heavy (non-hydrogen) atoms. The van der Waals surface area contributed by atoms with Gasteiger partial charge in [-0.05, 0) is 37.0 Å². The lowest BCUT2D eigenvalue weighted by Crippen LogP contribution is -2.42. The van der Waals surface area contributed by atoms with Crippen LogP contribution in [0.1, 0.15) is 42.9 Å². The topological polar surface area (TPSA) is 54.5 Å². The van der Waals surface area contributed by atoms with E-state index in [1.54, 1.807) is 0 Å². The molecule has 2 aliphatic rings. The second-order valence-electron chi connectivity index (χ2n) is 5.29. The van der Waals surface area contributed by atoms with E-state index in [2.05, 4.69) is 27.9 Å². The van der Waals surface area contributed by atoms with Crippen molar-refractivity contribution in [3.8, 4) is 0 Å². The molecular formula is C14H20N4. The van der Waals surface area contributed by atoms with Crippen molar-refractivity contribution >= 4 is 5.96 Å². The van der Waals surface area contributed by atoms with Gasteiger partial charge in [-0.2, -0.15) is 0 Å². The lowest BCUT2D eigenvalue weighted by atomic mass is 10.0. The molecule has 2 N–H and O–H groups in total. The van der Waals surface area contributed by atoms with Gasteiger partial charge >= 0.3 is 0 Å². The molecule has 0 saturated heterocycles. The van der Waals surface area contributed by atoms with Crippen LogP contribution in [-0.4, -0.2) is 28.4 Å². The van der Waals surface area contributed by atoms with Gasteiger partial charge in [0, 0.05) is 18.4 Å². The molecule has 4 heteroatoms. The lowest BCUT2D eigenvalue weighted by molar-refractivity contribution is 0.261. The number of aliphatic imine (C=N–C) groups is 1. The van der Waals surface area contributed by atoms with E-state index >= 15 is 0 Å². The highest BCUT2D eigenvalue weighted by atomic mass is 15.3. The normalized spacial score (nSPS) is 24.6. The molecule has 0 amide bonds. The van der Waals surface area contributed by atoms with Gasteiger partial charge in [0.25, 0.3) is 0 Å². The minimum absolute atomic E-state index is 0.293. The summed E-state index contributed by atoms with van der Waals surface area (Å²) in [5.74, 6) is 0.718. The smallest absolute Gasteiger partial charge is 0.192 e. The second-order valence-corrected chi connectivity index (χ2v) is 5.29. The van der Waals surface area contributed by atoms with Crippen LogP contribution in [0.2, 0.25) is 0 Å². The molecule has 0 radical (unpaired) electrons. The van der Waals surface area contributed by atoms with Crippen LogP contribution in [0.4, 0.5) is 0 Å². The van der Waals surface area contributed by atoms with Crippen molar-refractivity contribution in [1.82, 2.24) is 9.88 Å². The first-order valence-electron chi connectivity index (χ1n) is 6.76. The second kappa shape index (κ2) is 4.59. The number of aromatic nitrogens is 1. The molecule has 1 atom stereocenters. The third kappa shape index (κ3) is 1.85. The van der Waals surface area contributed by atoms with E-state index in [0.717, 1.165) is 12.5 Å². The predicted molar refractivity (Wildman–Crippen MR) is 72.3 cm³/mol. The lowest BCUT2D eigenvalue weighted by Gasteiger charge is -2.32. The van der Waals surface area contributed by atoms with Gasteiger partial charge in [0.1, 0.15) is 0 Å². The van der Waals surface area contributed by atoms with Crippen LogP contribution in [-0.2, 0) is 0 Å². The highest BCUT2D eigenvalue weighted by Gasteiger charge is 2.35. The fourth-order valence-electron chi connectivity index (χ4n) is 3.21. The van der Waals surface area contributed by atoms with E-state index in [-0.39, 0.29) is 0 Å². The molecule has 1 saturated carbocycles. The molecule has 1 aliphatic heterocycles. The van der Waals surface area contributed by atoms with Crippen molar-refractivity contribution in [2.75, 3.05) is 6.54 Å². The maximum absolute atomic E-state index is 6.09. The summed E-state index contributed by atoms with van der Waals surface area (Å²) in [6, 6.07) is 2.93. The minimum atomic E-state index is 0.293. The van der Waals surface area contributed by atoms with Gasteiger partial charge in [0.2, 0.25) is 0 Å². The number of rotatable bonds is 2. The van der Waals surface area contributed by atoms with Gasteiger partial charge in [-0.25, -0.2) is 0 Å². The highest BCUT2D eigenvalue weighted by Crippen LogP contribution is 2.34. The van der Waals surface area contributed by atoms with E-state index in [0.29, 0.717) is 12.1 Å². The summed E-state index contributed by atoms with van der Waals surface area (Å²) in [6.07, 6.45) is 8.92. The molecule has 1 fully saturated rings. The molecule has 0 aromatic carbocycles. The van der Waals surface area contributed by atoms with E-state index in [9.17, 15) is 0 Å². The summed E-state index contributed by atoms with van der Waals surface area (Å²) in [5, 5.41) is 0. The Labute approximate surface area is 108 Å². The van der Waals surface area contributed by atoms with Gasteiger partial charge in [0.05, 0.1) is 12.6 Å². The number of nitrogens with zero attached hydrogens (tertiary/aromatic N) is 3. The maximum atomic E-state index is 6.09. The Morgan fingerprint density at radius 1 is 1.33 bits per heavy atom. The Morgan fingerprint density at radius 2 is 2.11 bits per heavy atom. The van der Waals surface area contributed by atoms with Crippen molar-refractivity contribution in [2.45, 2.75) is 44.7 Å². The van der Waals surface area contributed by atoms with Crippen LogP contribution in [0.5, 0.6) is 0 Å². The van der Waals surface area contributed by atoms with Crippen molar-refractivity contribution < 1.29 is 0 Å². The molecule has 96 valence electrons. The van der Waals surface area contributed by atoms with Gasteiger partial charge in [-0.15, -0.1) is 0 Å². The molecule has 1 aromatic rings. The Morgan fingerprint density at radius 3 is 2.83 bits per heavy atom. The van der Waals surface area contributed by atoms with Crippen molar-refractivity contribution in [1.29, 1.82) is 0 Å². The highest BCUT2D eigenvalue weighted by molar-refractivity contribution is 5.81. The zero-order chi connectivity index (χ0) is 12.5. The van der Waals surface area contributed by atoms with E-state index < -0.39 is 0 Å². The number of aryl methyl sites for hydroxylation is 1. The molecule has 2 heterocycles. The van der Waals surface area contributed by atoms with Crippen LogP contribution >= 0.6 is 0 Å². The number of pyridine rings is 1. The Balaban J connectivity index is 1.90. The summed E-state index contributed by atoms with van der Waals surface area (Å²) < 4.78 is 0. The zero-order valence-corrected chi connectivity index (χ0v) is 10.8. The molecule has 0 bridgehead atoms. The van der Waals surface area contributed by atoms with Crippen molar-refractivity contribution in [3.05, 3.63) is 29.6 Å². The molecule has 1 unspecified atom stereocenters. The van der Waals surface area contributed by atoms with E-state index in [1.165, 1.54) is 36.8 Å². The maximum Gasteiger partial charge on any atom is 0.192 e. The first kappa shape index (κ1) is 11.5. The first-order chi connectivity index (χ1) is 8.77. The summed E-state index contributed by atoms with van der Waals surface area (Å²) in [5.41, 5.74) is 8.64. The van der Waals surface area contributed by atoms with Crippen LogP contribution in [0.15, 0.2) is 23.5 Å². The number of nitrogens with two attached hydrogens (primary N) is 1. The van der Waals surface area contributed by atoms with E-state index in [1.807, 2.05) is 12.4 Å². The summed E-state index contributed by atoms with van der Waals surface area (Å²) in [4.78, 5) is 11.0. The SMILES string of the molecule is Cc1ccncc1C1CN=C(N)N1C1CCCC1. The zero-order valence-electron chi connectivity index (χ0n) is 10.8. The molecule has 3 rings (SSSR count). The minimum Gasteiger partial charge on any atom is -0.370 e. The van der Waals surface area contributed by atoms with Crippen LogP contribution < -0.4 is 5.73 Å². The quantitative estimate of drug-likeness (QED) is 0.865. The number of guanidine groups is 1. The monoisotopic (exact) mass is 244 g/mol. The van der Waals surface area contributed by atoms with Gasteiger partial charge < -0.3 is 10.6 Å². The third-order valence-electron chi connectivity index (χ3n) is 4.18. The summed E-state index contributed by atoms with van der Waals surface area (Å²) >= 11 is 0. The number of hydrogen-bond acceptors (Lipinski definition) is 4. The Hall–Kier alpha value is -1.58. The van der Waals surface area contributed by atoms with Crippen molar-refractivity contribution in [3.63, 3.8) is 0 Å². The van der Waals surface area contributed by atoms with Gasteiger partial charge in [0.15, 0.2) is 5.96 Å². The summed E-state index contributed by atoms with van der Waals surface area (Å²) in [7, 11) is 0. The van der Waals surface area contributed by atoms with Gasteiger partial charge in [-0.3, -0.25) is 9.98 Å². The van der Waals surface area contributed by atoms with Gasteiger partial charge in [-0.1, -0.05) is 12.8 Å². The molecule has 0 spiro atoms. The molecule has 1 aromatic heterocycles. The predicted octanol–water partition coefficient (Wildman–Crippen LogP) is 2.00. The molecule has 1 aliphatic carbocycles. The largest absolute Gasteiger partial charge is 0.370 e.